The Morgan fingerprint density at radius 2 is 1.76 bits per heavy atom. The van der Waals surface area contributed by atoms with Crippen LogP contribution in [0.25, 0.3) is 0 Å². The zero-order chi connectivity index (χ0) is 17.5. The number of nitrogens with zero attached hydrogens (tertiary/aromatic N) is 1. The van der Waals surface area contributed by atoms with Crippen LogP contribution in [0, 0.1) is 12.8 Å². The number of amides is 1. The molecule has 0 radical (unpaired) electrons. The maximum absolute atomic E-state index is 12.8. The Labute approximate surface area is 153 Å². The maximum Gasteiger partial charge on any atom is 0.224 e. The van der Waals surface area contributed by atoms with E-state index in [1.54, 1.807) is 0 Å². The van der Waals surface area contributed by atoms with Gasteiger partial charge >= 0.3 is 0 Å². The Balaban J connectivity index is 1.51. The number of hydrogen-bond acceptors (Lipinski definition) is 2. The summed E-state index contributed by atoms with van der Waals surface area (Å²) in [6.07, 6.45) is 11.1. The Morgan fingerprint density at radius 1 is 1.04 bits per heavy atom. The molecule has 1 saturated heterocycles. The molecule has 2 fully saturated rings. The molecule has 1 aromatic carbocycles. The molecule has 1 saturated carbocycles. The van der Waals surface area contributed by atoms with Crippen LogP contribution in [-0.4, -0.2) is 29.9 Å². The Bertz CT molecular complexity index is 549. The van der Waals surface area contributed by atoms with Crippen molar-refractivity contribution in [3.8, 4) is 0 Å². The van der Waals surface area contributed by atoms with Gasteiger partial charge in [0.25, 0.3) is 0 Å². The molecular formula is C22H34N2O. The minimum absolute atomic E-state index is 0.170. The number of benzene rings is 1. The van der Waals surface area contributed by atoms with Crippen LogP contribution in [0.5, 0.6) is 0 Å². The molecule has 0 spiro atoms. The lowest BCUT2D eigenvalue weighted by atomic mass is 9.93. The molecule has 138 valence electrons. The van der Waals surface area contributed by atoms with Crippen LogP contribution in [0.15, 0.2) is 24.3 Å². The van der Waals surface area contributed by atoms with Gasteiger partial charge in [-0.05, 0) is 50.3 Å². The summed E-state index contributed by atoms with van der Waals surface area (Å²) in [4.78, 5) is 15.3. The average Bonchev–Trinajstić information content (AvgIpc) is 2.59. The topological polar surface area (TPSA) is 32.3 Å². The molecule has 2 aliphatic rings. The van der Waals surface area contributed by atoms with Crippen LogP contribution in [0.1, 0.15) is 68.9 Å². The second kappa shape index (κ2) is 9.38. The van der Waals surface area contributed by atoms with E-state index in [1.165, 1.54) is 56.1 Å². The summed E-state index contributed by atoms with van der Waals surface area (Å²) in [5.41, 5.74) is 2.74. The Kier molecular flexibility index (Phi) is 6.92. The molecule has 1 heterocycles. The standard InChI is InChI=1S/C22H34N2O/c1-18-10-7-8-11-19(18)16-24-15-9-12-20(17-24)22(25)23-21-13-5-3-2-4-6-14-21/h7-8,10-11,20-21H,2-6,9,12-17H2,1H3,(H,23,25). The summed E-state index contributed by atoms with van der Waals surface area (Å²) in [5, 5.41) is 3.39. The van der Waals surface area contributed by atoms with Crippen LogP contribution in [0.2, 0.25) is 0 Å². The number of nitrogens with one attached hydrogen (secondary N) is 1. The molecule has 1 aromatic rings. The van der Waals surface area contributed by atoms with E-state index in [0.29, 0.717) is 11.9 Å². The number of carbonyl (C=O) groups excluding carboxylic acids is 1. The molecule has 0 bridgehead atoms. The molecule has 3 heteroatoms. The summed E-state index contributed by atoms with van der Waals surface area (Å²) in [7, 11) is 0. The van der Waals surface area contributed by atoms with Crippen molar-refractivity contribution in [2.75, 3.05) is 13.1 Å². The van der Waals surface area contributed by atoms with E-state index in [4.69, 9.17) is 0 Å². The van der Waals surface area contributed by atoms with Crippen molar-refractivity contribution in [1.82, 2.24) is 10.2 Å². The quantitative estimate of drug-likeness (QED) is 0.877. The molecule has 1 unspecified atom stereocenters. The highest BCUT2D eigenvalue weighted by Gasteiger charge is 2.27. The first-order valence-electron chi connectivity index (χ1n) is 10.3. The molecule has 1 amide bonds. The van der Waals surface area contributed by atoms with Gasteiger partial charge in [-0.2, -0.15) is 0 Å². The summed E-state index contributed by atoms with van der Waals surface area (Å²) >= 11 is 0. The van der Waals surface area contributed by atoms with Gasteiger partial charge in [-0.3, -0.25) is 9.69 Å². The fraction of sp³-hybridized carbons (Fsp3) is 0.682. The normalized spacial score (nSPS) is 23.6. The largest absolute Gasteiger partial charge is 0.353 e. The lowest BCUT2D eigenvalue weighted by Crippen LogP contribution is -2.45. The number of aryl methyl sites for hydroxylation is 1. The molecule has 1 atom stereocenters. The predicted octanol–water partition coefficient (Wildman–Crippen LogP) is 4.44. The third kappa shape index (κ3) is 5.57. The lowest BCUT2D eigenvalue weighted by Gasteiger charge is -2.33. The van der Waals surface area contributed by atoms with Gasteiger partial charge in [-0.15, -0.1) is 0 Å². The average molecular weight is 343 g/mol. The Hall–Kier alpha value is -1.35. The van der Waals surface area contributed by atoms with Crippen LogP contribution >= 0.6 is 0 Å². The van der Waals surface area contributed by atoms with Crippen LogP contribution < -0.4 is 5.32 Å². The van der Waals surface area contributed by atoms with Crippen molar-refractivity contribution in [1.29, 1.82) is 0 Å². The summed E-state index contributed by atoms with van der Waals surface area (Å²) in [5.74, 6) is 0.475. The van der Waals surface area contributed by atoms with Gasteiger partial charge in [0.15, 0.2) is 0 Å². The minimum atomic E-state index is 0.170. The second-order valence-electron chi connectivity index (χ2n) is 8.05. The first-order valence-corrected chi connectivity index (χ1v) is 10.3. The first-order chi connectivity index (χ1) is 12.2. The van der Waals surface area contributed by atoms with E-state index in [-0.39, 0.29) is 5.92 Å². The molecule has 1 aliphatic carbocycles. The first kappa shape index (κ1) is 18.4. The summed E-state index contributed by atoms with van der Waals surface area (Å²) in [6, 6.07) is 9.02. The number of rotatable bonds is 4. The van der Waals surface area contributed by atoms with E-state index in [0.717, 1.165) is 32.5 Å². The van der Waals surface area contributed by atoms with Crippen LogP contribution in [0.3, 0.4) is 0 Å². The maximum atomic E-state index is 12.8. The third-order valence-electron chi connectivity index (χ3n) is 5.98. The molecule has 3 nitrogen and oxygen atoms in total. The van der Waals surface area contributed by atoms with Crippen molar-refractivity contribution >= 4 is 5.91 Å². The third-order valence-corrected chi connectivity index (χ3v) is 5.98. The van der Waals surface area contributed by atoms with E-state index < -0.39 is 0 Å². The van der Waals surface area contributed by atoms with E-state index in [2.05, 4.69) is 41.4 Å². The highest BCUT2D eigenvalue weighted by molar-refractivity contribution is 5.79. The summed E-state index contributed by atoms with van der Waals surface area (Å²) in [6.45, 7) is 5.17. The lowest BCUT2D eigenvalue weighted by molar-refractivity contribution is -0.127. The number of piperidine rings is 1. The molecule has 0 aromatic heterocycles. The van der Waals surface area contributed by atoms with E-state index >= 15 is 0 Å². The zero-order valence-electron chi connectivity index (χ0n) is 15.8. The van der Waals surface area contributed by atoms with E-state index in [1.807, 2.05) is 0 Å². The highest BCUT2D eigenvalue weighted by atomic mass is 16.2. The van der Waals surface area contributed by atoms with Crippen LogP contribution in [-0.2, 0) is 11.3 Å². The Morgan fingerprint density at radius 3 is 2.52 bits per heavy atom. The fourth-order valence-corrected chi connectivity index (χ4v) is 4.36. The molecular weight excluding hydrogens is 308 g/mol. The molecule has 1 aliphatic heterocycles. The minimum Gasteiger partial charge on any atom is -0.353 e. The number of carbonyl (C=O) groups is 1. The van der Waals surface area contributed by atoms with Crippen molar-refractivity contribution in [2.24, 2.45) is 5.92 Å². The van der Waals surface area contributed by atoms with Gasteiger partial charge in [-0.25, -0.2) is 0 Å². The van der Waals surface area contributed by atoms with Gasteiger partial charge in [-0.1, -0.05) is 56.4 Å². The van der Waals surface area contributed by atoms with Crippen molar-refractivity contribution in [3.05, 3.63) is 35.4 Å². The van der Waals surface area contributed by atoms with Gasteiger partial charge in [0, 0.05) is 19.1 Å². The molecule has 3 rings (SSSR count). The monoisotopic (exact) mass is 342 g/mol. The van der Waals surface area contributed by atoms with E-state index in [9.17, 15) is 4.79 Å². The van der Waals surface area contributed by atoms with Crippen molar-refractivity contribution < 1.29 is 4.79 Å². The van der Waals surface area contributed by atoms with Gasteiger partial charge in [0.2, 0.25) is 5.91 Å². The SMILES string of the molecule is Cc1ccccc1CN1CCCC(C(=O)NC2CCCCCCC2)C1. The predicted molar refractivity (Wildman–Crippen MR) is 103 cm³/mol. The molecule has 25 heavy (non-hydrogen) atoms. The number of likely N-dealkylation sites (tertiary alicyclic amines) is 1. The highest BCUT2D eigenvalue weighted by Crippen LogP contribution is 2.22. The van der Waals surface area contributed by atoms with Gasteiger partial charge in [0.05, 0.1) is 5.92 Å². The number of hydrogen-bond donors (Lipinski definition) is 1. The second-order valence-corrected chi connectivity index (χ2v) is 8.05. The zero-order valence-corrected chi connectivity index (χ0v) is 15.8. The summed E-state index contributed by atoms with van der Waals surface area (Å²) < 4.78 is 0. The molecule has 1 N–H and O–H groups in total. The fourth-order valence-electron chi connectivity index (χ4n) is 4.36. The van der Waals surface area contributed by atoms with Gasteiger partial charge < -0.3 is 5.32 Å². The van der Waals surface area contributed by atoms with Crippen molar-refractivity contribution in [3.63, 3.8) is 0 Å². The van der Waals surface area contributed by atoms with Gasteiger partial charge in [0.1, 0.15) is 0 Å². The van der Waals surface area contributed by atoms with Crippen LogP contribution in [0.4, 0.5) is 0 Å². The smallest absolute Gasteiger partial charge is 0.224 e. The van der Waals surface area contributed by atoms with Crippen molar-refractivity contribution in [2.45, 2.75) is 77.3 Å².